The van der Waals surface area contributed by atoms with Crippen LogP contribution in [-0.4, -0.2) is 64.3 Å². The van der Waals surface area contributed by atoms with E-state index in [1.54, 1.807) is 0 Å². The number of nitrogens with zero attached hydrogens (tertiary/aromatic N) is 1. The maximum Gasteiger partial charge on any atom is 0.289 e. The quantitative estimate of drug-likeness (QED) is 0.751. The van der Waals surface area contributed by atoms with Crippen molar-refractivity contribution < 1.29 is 28.5 Å². The van der Waals surface area contributed by atoms with Crippen LogP contribution >= 0.6 is 11.8 Å². The molecule has 8 heteroatoms. The molecule has 7 nitrogen and oxygen atoms in total. The van der Waals surface area contributed by atoms with Gasteiger partial charge in [0.25, 0.3) is 5.24 Å². The van der Waals surface area contributed by atoms with E-state index < -0.39 is 29.8 Å². The molecular formula is C14H19NO6S. The zero-order valence-corrected chi connectivity index (χ0v) is 13.6. The number of carbonyl (C=O) groups excluding carboxylic acids is 2. The number of ether oxygens (including phenoxy) is 4. The van der Waals surface area contributed by atoms with E-state index in [1.165, 1.54) is 4.90 Å². The lowest BCUT2D eigenvalue weighted by Crippen LogP contribution is -2.64. The van der Waals surface area contributed by atoms with Crippen molar-refractivity contribution in [2.24, 2.45) is 0 Å². The molecule has 2 amide bonds. The van der Waals surface area contributed by atoms with E-state index in [2.05, 4.69) is 0 Å². The van der Waals surface area contributed by atoms with Gasteiger partial charge in [-0.25, -0.2) is 0 Å². The van der Waals surface area contributed by atoms with Gasteiger partial charge in [0.1, 0.15) is 23.9 Å². The average Bonchev–Trinajstić information content (AvgIpc) is 3.10. The van der Waals surface area contributed by atoms with Gasteiger partial charge in [-0.2, -0.15) is 0 Å². The summed E-state index contributed by atoms with van der Waals surface area (Å²) in [6.07, 6.45) is -0.719. The van der Waals surface area contributed by atoms with Crippen molar-refractivity contribution >= 4 is 22.9 Å². The normalized spacial score (nSPS) is 46.4. The van der Waals surface area contributed by atoms with Gasteiger partial charge in [0.2, 0.25) is 5.91 Å². The first-order valence-corrected chi connectivity index (χ1v) is 8.49. The monoisotopic (exact) mass is 329 g/mol. The van der Waals surface area contributed by atoms with Gasteiger partial charge in [0.15, 0.2) is 12.1 Å². The smallest absolute Gasteiger partial charge is 0.289 e. The lowest BCUT2D eigenvalue weighted by molar-refractivity contribution is -0.210. The van der Waals surface area contributed by atoms with Gasteiger partial charge in [-0.05, 0) is 20.3 Å². The first kappa shape index (κ1) is 14.9. The van der Waals surface area contributed by atoms with Crippen LogP contribution in [0.4, 0.5) is 4.79 Å². The number of fused-ring (bicyclic) bond motifs is 4. The van der Waals surface area contributed by atoms with Gasteiger partial charge >= 0.3 is 0 Å². The molecule has 0 N–H and O–H groups in total. The highest BCUT2D eigenvalue weighted by Gasteiger charge is 2.67. The number of hydrogen-bond acceptors (Lipinski definition) is 7. The highest BCUT2D eigenvalue weighted by atomic mass is 32.2. The van der Waals surface area contributed by atoms with Crippen LogP contribution in [0.15, 0.2) is 0 Å². The second-order valence-corrected chi connectivity index (χ2v) is 7.47. The predicted octanol–water partition coefficient (Wildman–Crippen LogP) is 1.11. The molecule has 2 unspecified atom stereocenters. The Morgan fingerprint density at radius 3 is 2.68 bits per heavy atom. The molecule has 0 spiro atoms. The number of carbonyl (C=O) groups is 2. The van der Waals surface area contributed by atoms with Gasteiger partial charge in [-0.3, -0.25) is 14.5 Å². The van der Waals surface area contributed by atoms with E-state index in [9.17, 15) is 9.59 Å². The van der Waals surface area contributed by atoms with Crippen molar-refractivity contribution in [1.82, 2.24) is 4.90 Å². The molecule has 0 aromatic carbocycles. The van der Waals surface area contributed by atoms with Gasteiger partial charge in [0, 0.05) is 0 Å². The lowest BCUT2D eigenvalue weighted by Gasteiger charge is -2.44. The van der Waals surface area contributed by atoms with Crippen LogP contribution in [0, 0.1) is 0 Å². The molecule has 4 saturated heterocycles. The summed E-state index contributed by atoms with van der Waals surface area (Å²) in [5.41, 5.74) is -0.571. The molecule has 0 aromatic rings. The topological polar surface area (TPSA) is 74.3 Å². The Labute approximate surface area is 132 Å². The average molecular weight is 329 g/mol. The maximum absolute atomic E-state index is 12.1. The minimum absolute atomic E-state index is 0.155. The summed E-state index contributed by atoms with van der Waals surface area (Å²) in [6, 6.07) is -0.594. The number of rotatable bonds is 2. The maximum atomic E-state index is 12.1. The fourth-order valence-corrected chi connectivity index (χ4v) is 4.50. The molecule has 4 rings (SSSR count). The highest BCUT2D eigenvalue weighted by Crippen LogP contribution is 2.49. The Balaban J connectivity index is 1.74. The molecule has 4 aliphatic rings. The summed E-state index contributed by atoms with van der Waals surface area (Å²) in [5.74, 6) is -0.847. The summed E-state index contributed by atoms with van der Waals surface area (Å²) >= 11 is 1.00. The molecule has 4 aliphatic heterocycles. The fourth-order valence-electron chi connectivity index (χ4n) is 3.75. The van der Waals surface area contributed by atoms with Gasteiger partial charge < -0.3 is 18.9 Å². The summed E-state index contributed by atoms with van der Waals surface area (Å²) in [5, 5.41) is -0.273. The zero-order valence-electron chi connectivity index (χ0n) is 12.7. The third-order valence-corrected chi connectivity index (χ3v) is 5.62. The standard InChI is InChI=1S/C14H19NO6S/c1-4-14-6-18-11(21-14)8(15-7(16)5-22-12(15)17)9-10(14)20-13(2,3)19-9/h8-11H,4-6H2,1-3H3/t8-,9?,10-,11?,14+/m1/s1. The Hall–Kier alpha value is -0.670. The van der Waals surface area contributed by atoms with E-state index >= 15 is 0 Å². The van der Waals surface area contributed by atoms with Gasteiger partial charge in [0.05, 0.1) is 12.4 Å². The van der Waals surface area contributed by atoms with Gasteiger partial charge in [-0.15, -0.1) is 0 Å². The van der Waals surface area contributed by atoms with Crippen LogP contribution in [0.25, 0.3) is 0 Å². The summed E-state index contributed by atoms with van der Waals surface area (Å²) in [4.78, 5) is 25.5. The summed E-state index contributed by atoms with van der Waals surface area (Å²) in [7, 11) is 0. The predicted molar refractivity (Wildman–Crippen MR) is 76.2 cm³/mol. The van der Waals surface area contributed by atoms with Crippen LogP contribution in [0.2, 0.25) is 0 Å². The number of hydrogen-bond donors (Lipinski definition) is 0. The Morgan fingerprint density at radius 2 is 2.05 bits per heavy atom. The van der Waals surface area contributed by atoms with E-state index in [0.717, 1.165) is 11.8 Å². The molecule has 4 fully saturated rings. The third kappa shape index (κ3) is 1.91. The molecular weight excluding hydrogens is 310 g/mol. The van der Waals surface area contributed by atoms with Crippen LogP contribution in [0.1, 0.15) is 27.2 Å². The fraction of sp³-hybridized carbons (Fsp3) is 0.857. The summed E-state index contributed by atoms with van der Waals surface area (Å²) < 4.78 is 23.9. The molecule has 122 valence electrons. The number of imide groups is 1. The van der Waals surface area contributed by atoms with Crippen LogP contribution in [0.3, 0.4) is 0 Å². The first-order valence-electron chi connectivity index (χ1n) is 7.51. The van der Waals surface area contributed by atoms with Gasteiger partial charge in [-0.1, -0.05) is 18.7 Å². The van der Waals surface area contributed by atoms with Crippen molar-refractivity contribution in [2.45, 2.75) is 63.1 Å². The van der Waals surface area contributed by atoms with Crippen LogP contribution in [-0.2, 0) is 23.7 Å². The number of thioether (sulfide) groups is 1. The number of amides is 2. The van der Waals surface area contributed by atoms with Crippen molar-refractivity contribution in [3.63, 3.8) is 0 Å². The van der Waals surface area contributed by atoms with E-state index in [1.807, 2.05) is 20.8 Å². The molecule has 0 saturated carbocycles. The molecule has 0 radical (unpaired) electrons. The first-order chi connectivity index (χ1) is 10.4. The largest absolute Gasteiger partial charge is 0.347 e. The minimum Gasteiger partial charge on any atom is -0.347 e. The molecule has 5 atom stereocenters. The Bertz CT molecular complexity index is 523. The Kier molecular flexibility index (Phi) is 3.16. The summed E-state index contributed by atoms with van der Waals surface area (Å²) in [6.45, 7) is 6.07. The lowest BCUT2D eigenvalue weighted by atomic mass is 9.85. The third-order valence-electron chi connectivity index (χ3n) is 4.79. The molecule has 2 bridgehead atoms. The van der Waals surface area contributed by atoms with Crippen LogP contribution in [0.5, 0.6) is 0 Å². The SMILES string of the molecule is CC[C@@]12COC(O1)[C@H](N1C(=O)CSC1=O)C1OC(C)(C)O[C@H]12. The van der Waals surface area contributed by atoms with Crippen LogP contribution < -0.4 is 0 Å². The molecule has 4 heterocycles. The van der Waals surface area contributed by atoms with Crippen molar-refractivity contribution in [1.29, 1.82) is 0 Å². The van der Waals surface area contributed by atoms with E-state index in [0.29, 0.717) is 13.0 Å². The van der Waals surface area contributed by atoms with Crippen molar-refractivity contribution in [2.75, 3.05) is 12.4 Å². The second kappa shape index (κ2) is 4.67. The molecule has 0 aromatic heterocycles. The highest BCUT2D eigenvalue weighted by molar-refractivity contribution is 8.14. The minimum atomic E-state index is -0.775. The molecule has 22 heavy (non-hydrogen) atoms. The molecule has 0 aliphatic carbocycles. The van der Waals surface area contributed by atoms with Crippen molar-refractivity contribution in [3.8, 4) is 0 Å². The van der Waals surface area contributed by atoms with E-state index in [-0.39, 0.29) is 23.0 Å². The van der Waals surface area contributed by atoms with Crippen molar-refractivity contribution in [3.05, 3.63) is 0 Å². The Morgan fingerprint density at radius 1 is 1.27 bits per heavy atom. The zero-order chi connectivity index (χ0) is 15.7. The second-order valence-electron chi connectivity index (χ2n) is 6.55. The van der Waals surface area contributed by atoms with E-state index in [4.69, 9.17) is 18.9 Å².